The number of nitrogens with one attached hydrogen (secondary N) is 1. The van der Waals surface area contributed by atoms with Crippen molar-refractivity contribution in [1.29, 1.82) is 0 Å². The minimum atomic E-state index is -6.44. The second-order valence-corrected chi connectivity index (χ2v) is 9.18. The number of hydrogen-bond donors (Lipinski definition) is 2. The minimum Gasteiger partial charge on any atom is -0.429 e. The topological polar surface area (TPSA) is 92.7 Å². The van der Waals surface area contributed by atoms with Crippen LogP contribution in [0.2, 0.25) is 0 Å². The van der Waals surface area contributed by atoms with Crippen molar-refractivity contribution in [3.63, 3.8) is 0 Å². The highest BCUT2D eigenvalue weighted by atomic mass is 32.2. The maximum Gasteiger partial charge on any atom is 0.432 e. The fourth-order valence-corrected chi connectivity index (χ4v) is 5.53. The first-order valence-electron chi connectivity index (χ1n) is 8.12. The Morgan fingerprint density at radius 2 is 1.46 bits per heavy atom. The highest BCUT2D eigenvalue weighted by Crippen LogP contribution is 2.55. The molecular formula is C14H18F5NO5S. The van der Waals surface area contributed by atoms with Crippen molar-refractivity contribution in [3.8, 4) is 0 Å². The van der Waals surface area contributed by atoms with E-state index in [0.717, 1.165) is 19.3 Å². The summed E-state index contributed by atoms with van der Waals surface area (Å²) in [5.41, 5.74) is -0.810. The number of carbonyl (C=O) groups excluding carboxylic acids is 1. The lowest BCUT2D eigenvalue weighted by atomic mass is 9.53. The molecule has 0 aliphatic heterocycles. The normalized spacial score (nSPS) is 35.2. The standard InChI is InChI=1S/C14H18F5NO5S/c15-13(16,17)10(14(18,19)26(22,23)24)25-11(21)20-12-4-7-1-8(5-12)3-9(2-7)6-12/h7-10H,1-6H2,(H,20,21)(H,22,23,24). The molecule has 0 aromatic heterocycles. The number of alkyl halides is 5. The molecule has 4 fully saturated rings. The van der Waals surface area contributed by atoms with Crippen molar-refractivity contribution in [2.75, 3.05) is 0 Å². The number of ether oxygens (including phenoxy) is 1. The highest BCUT2D eigenvalue weighted by Gasteiger charge is 2.66. The molecule has 1 amide bonds. The van der Waals surface area contributed by atoms with E-state index in [1.54, 1.807) is 0 Å². The number of carbonyl (C=O) groups is 1. The van der Waals surface area contributed by atoms with Crippen LogP contribution >= 0.6 is 0 Å². The van der Waals surface area contributed by atoms with Crippen molar-refractivity contribution in [1.82, 2.24) is 5.32 Å². The van der Waals surface area contributed by atoms with Gasteiger partial charge in [0.25, 0.3) is 6.10 Å². The van der Waals surface area contributed by atoms with E-state index >= 15 is 0 Å². The van der Waals surface area contributed by atoms with Gasteiger partial charge in [-0.2, -0.15) is 30.4 Å². The van der Waals surface area contributed by atoms with Crippen molar-refractivity contribution in [3.05, 3.63) is 0 Å². The molecule has 4 bridgehead atoms. The Hall–Kier alpha value is -1.17. The van der Waals surface area contributed by atoms with Crippen LogP contribution in [0.15, 0.2) is 0 Å². The lowest BCUT2D eigenvalue weighted by Gasteiger charge is -2.56. The third kappa shape index (κ3) is 3.49. The zero-order chi connectivity index (χ0) is 19.5. The zero-order valence-electron chi connectivity index (χ0n) is 13.4. The summed E-state index contributed by atoms with van der Waals surface area (Å²) >= 11 is 0. The molecule has 1 atom stereocenters. The van der Waals surface area contributed by atoms with E-state index in [9.17, 15) is 35.2 Å². The Labute approximate surface area is 146 Å². The molecule has 12 heteroatoms. The molecular weight excluding hydrogens is 389 g/mol. The monoisotopic (exact) mass is 407 g/mol. The molecule has 2 N–H and O–H groups in total. The van der Waals surface area contributed by atoms with Crippen LogP contribution in [0, 0.1) is 17.8 Å². The molecule has 4 aliphatic carbocycles. The predicted octanol–water partition coefficient (Wildman–Crippen LogP) is 3.09. The molecule has 4 rings (SSSR count). The molecule has 0 spiro atoms. The number of amides is 1. The van der Waals surface area contributed by atoms with Crippen molar-refractivity contribution in [2.24, 2.45) is 17.8 Å². The van der Waals surface area contributed by atoms with E-state index in [1.807, 2.05) is 0 Å². The second kappa shape index (κ2) is 5.91. The minimum absolute atomic E-state index is 0.319. The van der Waals surface area contributed by atoms with Crippen LogP contribution in [0.25, 0.3) is 0 Å². The fraction of sp³-hybridized carbons (Fsp3) is 0.929. The molecule has 0 saturated heterocycles. The third-order valence-corrected chi connectivity index (χ3v) is 6.48. The van der Waals surface area contributed by atoms with Gasteiger partial charge in [-0.05, 0) is 56.3 Å². The highest BCUT2D eigenvalue weighted by molar-refractivity contribution is 7.86. The van der Waals surface area contributed by atoms with Crippen LogP contribution in [-0.4, -0.2) is 42.1 Å². The van der Waals surface area contributed by atoms with Crippen LogP contribution in [0.3, 0.4) is 0 Å². The smallest absolute Gasteiger partial charge is 0.429 e. The Balaban J connectivity index is 1.75. The van der Waals surface area contributed by atoms with Crippen molar-refractivity contribution in [2.45, 2.75) is 61.6 Å². The fourth-order valence-electron chi connectivity index (χ4n) is 5.08. The molecule has 6 nitrogen and oxygen atoms in total. The van der Waals surface area contributed by atoms with Crippen molar-refractivity contribution < 1.29 is 44.5 Å². The number of alkyl carbamates (subject to hydrolysis) is 1. The molecule has 26 heavy (non-hydrogen) atoms. The maximum atomic E-state index is 13.5. The van der Waals surface area contributed by atoms with E-state index < -0.39 is 39.3 Å². The molecule has 0 aromatic rings. The third-order valence-electron chi connectivity index (χ3n) is 5.58. The first-order valence-corrected chi connectivity index (χ1v) is 9.56. The van der Waals surface area contributed by atoms with Gasteiger partial charge < -0.3 is 10.1 Å². The van der Waals surface area contributed by atoms with Crippen molar-refractivity contribution >= 4 is 16.2 Å². The average molecular weight is 407 g/mol. The molecule has 0 radical (unpaired) electrons. The van der Waals surface area contributed by atoms with Gasteiger partial charge >= 0.3 is 27.6 Å². The van der Waals surface area contributed by atoms with Crippen LogP contribution in [0.1, 0.15) is 38.5 Å². The largest absolute Gasteiger partial charge is 0.432 e. The first kappa shape index (κ1) is 19.6. The second-order valence-electron chi connectivity index (χ2n) is 7.69. The van der Waals surface area contributed by atoms with Gasteiger partial charge in [0.2, 0.25) is 0 Å². The van der Waals surface area contributed by atoms with Gasteiger partial charge in [-0.1, -0.05) is 0 Å². The molecule has 150 valence electrons. The van der Waals surface area contributed by atoms with Gasteiger partial charge in [-0.3, -0.25) is 4.55 Å². The number of halogens is 5. The Bertz CT molecular complexity index is 657. The van der Waals surface area contributed by atoms with E-state index in [1.165, 1.54) is 0 Å². The van der Waals surface area contributed by atoms with Gasteiger partial charge in [0, 0.05) is 5.54 Å². The summed E-state index contributed by atoms with van der Waals surface area (Å²) in [6.07, 6.45) is -7.46. The molecule has 4 aliphatic rings. The molecule has 0 heterocycles. The summed E-state index contributed by atoms with van der Waals surface area (Å²) in [4.78, 5) is 11.9. The molecule has 4 saturated carbocycles. The van der Waals surface area contributed by atoms with E-state index in [-0.39, 0.29) is 0 Å². The SMILES string of the molecule is O=C(NC12CC3CC(CC(C3)C1)C2)OC(C(F)(F)F)C(F)(F)S(=O)(=O)O. The van der Waals surface area contributed by atoms with E-state index in [2.05, 4.69) is 10.1 Å². The maximum absolute atomic E-state index is 13.5. The van der Waals surface area contributed by atoms with Gasteiger partial charge in [-0.25, -0.2) is 4.79 Å². The van der Waals surface area contributed by atoms with Crippen LogP contribution in [0.5, 0.6) is 0 Å². The Morgan fingerprint density at radius 3 is 1.81 bits per heavy atom. The summed E-state index contributed by atoms with van der Waals surface area (Å²) in [6.45, 7) is 0. The van der Waals surface area contributed by atoms with Crippen LogP contribution < -0.4 is 5.32 Å². The van der Waals surface area contributed by atoms with E-state index in [0.29, 0.717) is 37.0 Å². The van der Waals surface area contributed by atoms with Gasteiger partial charge in [0.15, 0.2) is 0 Å². The summed E-state index contributed by atoms with van der Waals surface area (Å²) < 4.78 is 98.9. The lowest BCUT2D eigenvalue weighted by Crippen LogP contribution is -2.61. The van der Waals surface area contributed by atoms with Gasteiger partial charge in [0.1, 0.15) is 0 Å². The molecule has 1 unspecified atom stereocenters. The average Bonchev–Trinajstić information content (AvgIpc) is 2.39. The van der Waals surface area contributed by atoms with Crippen LogP contribution in [0.4, 0.5) is 26.7 Å². The van der Waals surface area contributed by atoms with Gasteiger partial charge in [-0.15, -0.1) is 0 Å². The summed E-state index contributed by atoms with van der Waals surface area (Å²) in [7, 11) is -6.44. The first-order chi connectivity index (χ1) is 11.7. The Kier molecular flexibility index (Phi) is 4.45. The number of hydrogen-bond acceptors (Lipinski definition) is 4. The summed E-state index contributed by atoms with van der Waals surface area (Å²) in [5.74, 6) is 0.956. The molecule has 0 aromatic carbocycles. The van der Waals surface area contributed by atoms with Gasteiger partial charge in [0.05, 0.1) is 0 Å². The predicted molar refractivity (Wildman–Crippen MR) is 76.9 cm³/mol. The Morgan fingerprint density at radius 1 is 1.04 bits per heavy atom. The zero-order valence-corrected chi connectivity index (χ0v) is 14.2. The summed E-state index contributed by atoms with van der Waals surface area (Å²) in [6, 6.07) is 0. The number of rotatable bonds is 4. The lowest BCUT2D eigenvalue weighted by molar-refractivity contribution is -0.248. The summed E-state index contributed by atoms with van der Waals surface area (Å²) in [5, 5.41) is -3.44. The van der Waals surface area contributed by atoms with E-state index in [4.69, 9.17) is 4.55 Å². The quantitative estimate of drug-likeness (QED) is 0.552. The van der Waals surface area contributed by atoms with Crippen LogP contribution in [-0.2, 0) is 14.9 Å².